The second kappa shape index (κ2) is 12.2. The third-order valence-corrected chi connectivity index (χ3v) is 5.87. The lowest BCUT2D eigenvalue weighted by molar-refractivity contribution is -0.118. The summed E-state index contributed by atoms with van der Waals surface area (Å²) in [6.07, 6.45) is 1.43. The average molecular weight is 569 g/mol. The summed E-state index contributed by atoms with van der Waals surface area (Å²) in [5, 5.41) is 15.5. The lowest BCUT2D eigenvalue weighted by Crippen LogP contribution is -2.21. The van der Waals surface area contributed by atoms with E-state index in [4.69, 9.17) is 21.1 Å². The zero-order chi connectivity index (χ0) is 26.2. The number of hydrogen-bond donors (Lipinski definition) is 2. The number of aryl methyl sites for hydroxylation is 2. The molecule has 184 valence electrons. The third-order valence-electron chi connectivity index (χ3n) is 5.03. The molecule has 0 fully saturated rings. The second-order valence-corrected chi connectivity index (χ2v) is 9.11. The van der Waals surface area contributed by atoms with Crippen molar-refractivity contribution in [2.75, 3.05) is 24.4 Å². The molecule has 7 nitrogen and oxygen atoms in total. The number of carbonyl (C=O) groups is 2. The first-order valence-corrected chi connectivity index (χ1v) is 11.9. The van der Waals surface area contributed by atoms with Crippen molar-refractivity contribution >= 4 is 56.8 Å². The summed E-state index contributed by atoms with van der Waals surface area (Å²) in [6.45, 7) is 3.65. The van der Waals surface area contributed by atoms with Crippen LogP contribution in [0.4, 0.5) is 11.4 Å². The van der Waals surface area contributed by atoms with Gasteiger partial charge in [-0.05, 0) is 89.4 Å². The second-order valence-electron chi connectivity index (χ2n) is 7.82. The molecule has 0 saturated heterocycles. The normalized spacial score (nSPS) is 10.8. The van der Waals surface area contributed by atoms with Crippen LogP contribution in [0.5, 0.6) is 11.5 Å². The van der Waals surface area contributed by atoms with Crippen molar-refractivity contribution in [1.82, 2.24) is 0 Å². The molecule has 0 saturated carbocycles. The van der Waals surface area contributed by atoms with Crippen LogP contribution in [-0.4, -0.2) is 25.5 Å². The smallest absolute Gasteiger partial charge is 0.266 e. The molecule has 2 N–H and O–H groups in total. The number of nitriles is 1. The highest BCUT2D eigenvalue weighted by atomic mass is 79.9. The maximum Gasteiger partial charge on any atom is 0.266 e. The lowest BCUT2D eigenvalue weighted by Gasteiger charge is -2.14. The Balaban J connectivity index is 1.73. The number of anilines is 2. The van der Waals surface area contributed by atoms with E-state index in [1.54, 1.807) is 36.4 Å². The molecule has 0 radical (unpaired) electrons. The molecule has 0 aliphatic rings. The van der Waals surface area contributed by atoms with Gasteiger partial charge in [0.15, 0.2) is 18.1 Å². The number of carbonyl (C=O) groups excluding carboxylic acids is 2. The predicted molar refractivity (Wildman–Crippen MR) is 144 cm³/mol. The van der Waals surface area contributed by atoms with Crippen molar-refractivity contribution in [2.45, 2.75) is 13.8 Å². The van der Waals surface area contributed by atoms with Gasteiger partial charge in [0.1, 0.15) is 11.6 Å². The number of amides is 2. The summed E-state index contributed by atoms with van der Waals surface area (Å²) in [5.41, 5.74) is 3.68. The van der Waals surface area contributed by atoms with Gasteiger partial charge in [-0.3, -0.25) is 9.59 Å². The van der Waals surface area contributed by atoms with Crippen LogP contribution < -0.4 is 20.1 Å². The fraction of sp³-hybridized carbons (Fsp3) is 0.148. The van der Waals surface area contributed by atoms with Gasteiger partial charge in [0, 0.05) is 16.4 Å². The summed E-state index contributed by atoms with van der Waals surface area (Å²) in [6, 6.07) is 17.5. The van der Waals surface area contributed by atoms with Gasteiger partial charge < -0.3 is 20.1 Å². The molecule has 0 heterocycles. The fourth-order valence-corrected chi connectivity index (χ4v) is 3.99. The number of ether oxygens (including phenoxy) is 2. The van der Waals surface area contributed by atoms with Gasteiger partial charge in [-0.1, -0.05) is 29.3 Å². The summed E-state index contributed by atoms with van der Waals surface area (Å²) in [4.78, 5) is 25.0. The molecule has 3 aromatic rings. The first kappa shape index (κ1) is 26.8. The van der Waals surface area contributed by atoms with E-state index >= 15 is 0 Å². The number of methoxy groups -OCH3 is 1. The Hall–Kier alpha value is -3.80. The molecule has 0 atom stereocenters. The van der Waals surface area contributed by atoms with Crippen molar-refractivity contribution < 1.29 is 19.1 Å². The first-order chi connectivity index (χ1) is 17.2. The van der Waals surface area contributed by atoms with Crippen molar-refractivity contribution in [2.24, 2.45) is 0 Å². The molecule has 9 heteroatoms. The summed E-state index contributed by atoms with van der Waals surface area (Å²) >= 11 is 9.29. The maximum absolute atomic E-state index is 12.6. The fourth-order valence-electron chi connectivity index (χ4n) is 3.29. The topological polar surface area (TPSA) is 100 Å². The van der Waals surface area contributed by atoms with E-state index in [0.717, 1.165) is 11.1 Å². The predicted octanol–water partition coefficient (Wildman–Crippen LogP) is 6.29. The number of nitrogens with one attached hydrogen (secondary N) is 2. The van der Waals surface area contributed by atoms with Gasteiger partial charge in [0.2, 0.25) is 0 Å². The molecule has 0 aliphatic heterocycles. The molecule has 2 amide bonds. The lowest BCUT2D eigenvalue weighted by atomic mass is 10.1. The molecular weight excluding hydrogens is 546 g/mol. The van der Waals surface area contributed by atoms with Crippen LogP contribution in [0, 0.1) is 25.2 Å². The minimum absolute atomic E-state index is 0.111. The molecule has 0 spiro atoms. The quantitative estimate of drug-likeness (QED) is 0.246. The van der Waals surface area contributed by atoms with E-state index in [1.165, 1.54) is 13.2 Å². The number of nitrogens with zero attached hydrogens (tertiary/aromatic N) is 1. The van der Waals surface area contributed by atoms with E-state index < -0.39 is 5.91 Å². The molecule has 3 aromatic carbocycles. The highest BCUT2D eigenvalue weighted by Gasteiger charge is 2.16. The Kier molecular flexibility index (Phi) is 9.12. The van der Waals surface area contributed by atoms with Crippen LogP contribution in [0.3, 0.4) is 0 Å². The number of hydrogen-bond acceptors (Lipinski definition) is 5. The Morgan fingerprint density at radius 1 is 1.08 bits per heavy atom. The first-order valence-electron chi connectivity index (χ1n) is 10.8. The van der Waals surface area contributed by atoms with Crippen molar-refractivity contribution in [3.05, 3.63) is 86.4 Å². The van der Waals surface area contributed by atoms with E-state index in [2.05, 4.69) is 26.6 Å². The standard InChI is InChI=1S/C27H23BrClN3O4/c1-16-4-9-23(17(2)10-16)32-25(33)15-36-26-22(28)12-18(13-24(26)35-3)11-19(14-30)27(34)31-21-7-5-20(29)6-8-21/h4-13H,15H2,1-3H3,(H,31,34)(H,32,33)/b19-11-. The van der Waals surface area contributed by atoms with Crippen LogP contribution in [0.25, 0.3) is 6.08 Å². The van der Waals surface area contributed by atoms with Crippen LogP contribution in [-0.2, 0) is 9.59 Å². The summed E-state index contributed by atoms with van der Waals surface area (Å²) < 4.78 is 11.6. The van der Waals surface area contributed by atoms with Gasteiger partial charge in [0.05, 0.1) is 11.6 Å². The van der Waals surface area contributed by atoms with Crippen molar-refractivity contribution in [3.8, 4) is 17.6 Å². The molecular formula is C27H23BrClN3O4. The van der Waals surface area contributed by atoms with Crippen LogP contribution >= 0.6 is 27.5 Å². The van der Waals surface area contributed by atoms with Crippen molar-refractivity contribution in [1.29, 1.82) is 5.26 Å². The number of benzene rings is 3. The third kappa shape index (κ3) is 7.11. The zero-order valence-corrected chi connectivity index (χ0v) is 22.2. The van der Waals surface area contributed by atoms with Crippen LogP contribution in [0.2, 0.25) is 5.02 Å². The van der Waals surface area contributed by atoms with Gasteiger partial charge in [-0.25, -0.2) is 0 Å². The molecule has 0 unspecified atom stereocenters. The van der Waals surface area contributed by atoms with Crippen molar-refractivity contribution in [3.63, 3.8) is 0 Å². The number of halogens is 2. The van der Waals surface area contributed by atoms with Gasteiger partial charge >= 0.3 is 0 Å². The largest absolute Gasteiger partial charge is 0.493 e. The summed E-state index contributed by atoms with van der Waals surface area (Å²) in [7, 11) is 1.45. The monoisotopic (exact) mass is 567 g/mol. The molecule has 0 aliphatic carbocycles. The molecule has 3 rings (SSSR count). The SMILES string of the molecule is COc1cc(/C=C(/C#N)C(=O)Nc2ccc(Cl)cc2)cc(Br)c1OCC(=O)Nc1ccc(C)cc1C. The Morgan fingerprint density at radius 3 is 2.44 bits per heavy atom. The summed E-state index contributed by atoms with van der Waals surface area (Å²) in [5.74, 6) is -0.260. The minimum Gasteiger partial charge on any atom is -0.493 e. The van der Waals surface area contributed by atoms with E-state index in [9.17, 15) is 14.9 Å². The van der Waals surface area contributed by atoms with Crippen LogP contribution in [0.15, 0.2) is 64.6 Å². The average Bonchev–Trinajstić information content (AvgIpc) is 2.84. The maximum atomic E-state index is 12.6. The Labute approximate surface area is 222 Å². The Bertz CT molecular complexity index is 1360. The Morgan fingerprint density at radius 2 is 1.81 bits per heavy atom. The zero-order valence-electron chi connectivity index (χ0n) is 19.8. The van der Waals surface area contributed by atoms with Gasteiger partial charge in [-0.15, -0.1) is 0 Å². The van der Waals surface area contributed by atoms with Gasteiger partial charge in [-0.2, -0.15) is 5.26 Å². The highest BCUT2D eigenvalue weighted by Crippen LogP contribution is 2.37. The van der Waals surface area contributed by atoms with E-state index in [0.29, 0.717) is 37.9 Å². The molecule has 0 bridgehead atoms. The molecule has 0 aromatic heterocycles. The van der Waals surface area contributed by atoms with E-state index in [1.807, 2.05) is 38.1 Å². The minimum atomic E-state index is -0.571. The van der Waals surface area contributed by atoms with E-state index in [-0.39, 0.29) is 18.1 Å². The number of rotatable bonds is 8. The highest BCUT2D eigenvalue weighted by molar-refractivity contribution is 9.10. The van der Waals surface area contributed by atoms with Crippen LogP contribution in [0.1, 0.15) is 16.7 Å². The molecule has 36 heavy (non-hydrogen) atoms. The van der Waals surface area contributed by atoms with Gasteiger partial charge in [0.25, 0.3) is 11.8 Å².